The quantitative estimate of drug-likeness (QED) is 0.0951. The summed E-state index contributed by atoms with van der Waals surface area (Å²) >= 11 is 7.90. The third kappa shape index (κ3) is 9.29. The summed E-state index contributed by atoms with van der Waals surface area (Å²) in [5.41, 5.74) is 5.06. The van der Waals surface area contributed by atoms with Crippen LogP contribution in [0.3, 0.4) is 0 Å². The van der Waals surface area contributed by atoms with Crippen LogP contribution in [-0.2, 0) is 0 Å². The van der Waals surface area contributed by atoms with Gasteiger partial charge in [-0.3, -0.25) is 0 Å². The van der Waals surface area contributed by atoms with E-state index in [1.807, 2.05) is 73.3 Å². The second kappa shape index (κ2) is 17.6. The van der Waals surface area contributed by atoms with Gasteiger partial charge in [0.05, 0.1) is 36.0 Å². The highest BCUT2D eigenvalue weighted by atomic mass is 35.5. The Morgan fingerprint density at radius 3 is 2.73 bits per heavy atom. The molecule has 0 bridgehead atoms. The minimum atomic E-state index is -0.226. The monoisotopic (exact) mass is 584 g/mol. The predicted octanol–water partition coefficient (Wildman–Crippen LogP) is 4.60. The molecule has 3 aromatic rings. The van der Waals surface area contributed by atoms with Gasteiger partial charge in [0.2, 0.25) is 0 Å². The first kappa shape index (κ1) is 33.2. The fourth-order valence-electron chi connectivity index (χ4n) is 4.02. The maximum absolute atomic E-state index is 9.78. The average molecular weight is 585 g/mol. The van der Waals surface area contributed by atoms with Crippen LogP contribution in [-0.4, -0.2) is 77.7 Å². The van der Waals surface area contributed by atoms with Gasteiger partial charge in [0.25, 0.3) is 0 Å². The van der Waals surface area contributed by atoms with Crippen LogP contribution in [0.2, 0.25) is 5.02 Å². The van der Waals surface area contributed by atoms with Gasteiger partial charge in [-0.1, -0.05) is 35.7 Å². The van der Waals surface area contributed by atoms with Crippen LogP contribution in [0.1, 0.15) is 48.9 Å². The van der Waals surface area contributed by atoms with Crippen LogP contribution < -0.4 is 10.6 Å². The molecular weight excluding hydrogens is 544 g/mol. The minimum absolute atomic E-state index is 0.0252. The van der Waals surface area contributed by atoms with Crippen LogP contribution in [0.25, 0.3) is 11.2 Å². The van der Waals surface area contributed by atoms with E-state index in [4.69, 9.17) is 23.1 Å². The maximum atomic E-state index is 9.78. The number of terminal acetylenes is 1. The van der Waals surface area contributed by atoms with Gasteiger partial charge >= 0.3 is 0 Å². The molecule has 0 aliphatic carbocycles. The molecule has 0 saturated heterocycles. The zero-order chi connectivity index (χ0) is 29.5. The summed E-state index contributed by atoms with van der Waals surface area (Å²) in [6, 6.07) is 11.6. The van der Waals surface area contributed by atoms with Gasteiger partial charge in [-0.15, -0.1) is 18.2 Å². The highest BCUT2D eigenvalue weighted by molar-refractivity contribution is 8.03. The number of aromatic nitrogens is 2. The molecule has 0 aliphatic heterocycles. The van der Waals surface area contributed by atoms with E-state index in [0.717, 1.165) is 60.3 Å². The van der Waals surface area contributed by atoms with Crippen molar-refractivity contribution < 1.29 is 10.2 Å². The van der Waals surface area contributed by atoms with Crippen molar-refractivity contribution in [3.63, 3.8) is 0 Å². The SMILES string of the molecule is C#CC(/C=N\N(C)CC)c1ccc2c(/C(NC)=C(\C)SCCCNC(CO)c3cccc(Cl)c3)cnn2c1.CO. The van der Waals surface area contributed by atoms with E-state index < -0.39 is 0 Å². The van der Waals surface area contributed by atoms with E-state index in [1.165, 1.54) is 4.91 Å². The Hall–Kier alpha value is -3.00. The summed E-state index contributed by atoms with van der Waals surface area (Å²) in [6.07, 6.45) is 12.4. The second-order valence-corrected chi connectivity index (χ2v) is 10.6. The number of halogens is 1. The molecule has 10 heteroatoms. The molecule has 0 spiro atoms. The standard InChI is InChI=1S/C29H37ClN6OS.CH4O/c1-6-22(17-33-35(5)7-2)24-12-13-28-26(18-34-36(28)19-24)29(31-4)21(3)38-15-9-14-32-27(20-37)23-10-8-11-25(30)16-23;1-2/h1,8,10-13,16-19,22,27,31-32,37H,7,9,14-15,20H2,2-5H3;2H,1H3/b29-21-,33-17-;. The first-order valence-electron chi connectivity index (χ1n) is 13.2. The minimum Gasteiger partial charge on any atom is -0.400 e. The summed E-state index contributed by atoms with van der Waals surface area (Å²) in [6.45, 7) is 5.80. The summed E-state index contributed by atoms with van der Waals surface area (Å²) in [5, 5.41) is 35.1. The van der Waals surface area contributed by atoms with Crippen molar-refractivity contribution in [3.8, 4) is 12.3 Å². The summed E-state index contributed by atoms with van der Waals surface area (Å²) in [4.78, 5) is 1.19. The average Bonchev–Trinajstić information content (AvgIpc) is 3.39. The number of fused-ring (bicyclic) bond motifs is 1. The number of rotatable bonds is 14. The Bertz CT molecular complexity index is 1300. The number of pyridine rings is 1. The van der Waals surface area contributed by atoms with Gasteiger partial charge in [0, 0.05) is 55.7 Å². The lowest BCUT2D eigenvalue weighted by Gasteiger charge is -2.17. The number of allylic oxidation sites excluding steroid dienone is 1. The molecule has 0 radical (unpaired) electrons. The highest BCUT2D eigenvalue weighted by Crippen LogP contribution is 2.28. The molecule has 1 aromatic carbocycles. The van der Waals surface area contributed by atoms with E-state index in [0.29, 0.717) is 5.02 Å². The van der Waals surface area contributed by atoms with Crippen molar-refractivity contribution in [2.75, 3.05) is 46.7 Å². The number of aliphatic hydroxyl groups is 2. The molecule has 0 saturated carbocycles. The molecular formula is C30H41ClN6O2S. The van der Waals surface area contributed by atoms with Crippen molar-refractivity contribution in [1.29, 1.82) is 0 Å². The predicted molar refractivity (Wildman–Crippen MR) is 170 cm³/mol. The van der Waals surface area contributed by atoms with Gasteiger partial charge in [0.1, 0.15) is 0 Å². The molecule has 40 heavy (non-hydrogen) atoms. The maximum Gasteiger partial charge on any atom is 0.0834 e. The third-order valence-electron chi connectivity index (χ3n) is 6.28. The number of thioether (sulfide) groups is 1. The molecule has 216 valence electrons. The smallest absolute Gasteiger partial charge is 0.0834 e. The first-order chi connectivity index (χ1) is 19.4. The Kier molecular flexibility index (Phi) is 14.6. The number of hydrogen-bond donors (Lipinski definition) is 4. The number of hydrazone groups is 1. The number of benzene rings is 1. The largest absolute Gasteiger partial charge is 0.400 e. The fourth-order valence-corrected chi connectivity index (χ4v) is 5.17. The molecule has 3 rings (SSSR count). The Labute approximate surface area is 247 Å². The molecule has 8 nitrogen and oxygen atoms in total. The lowest BCUT2D eigenvalue weighted by atomic mass is 10.0. The summed E-state index contributed by atoms with van der Waals surface area (Å²) in [7, 11) is 4.85. The Morgan fingerprint density at radius 2 is 2.08 bits per heavy atom. The fraction of sp³-hybridized carbons (Fsp3) is 0.400. The summed E-state index contributed by atoms with van der Waals surface area (Å²) < 4.78 is 1.87. The van der Waals surface area contributed by atoms with E-state index in [9.17, 15) is 5.11 Å². The van der Waals surface area contributed by atoms with Crippen molar-refractivity contribution in [2.45, 2.75) is 32.2 Å². The van der Waals surface area contributed by atoms with Crippen molar-refractivity contribution in [2.24, 2.45) is 5.10 Å². The third-order valence-corrected chi connectivity index (χ3v) is 7.65. The molecule has 2 unspecified atom stereocenters. The molecule has 2 aromatic heterocycles. The van der Waals surface area contributed by atoms with Crippen molar-refractivity contribution in [3.05, 3.63) is 75.4 Å². The lowest BCUT2D eigenvalue weighted by molar-refractivity contribution is 0.245. The number of nitrogens with zero attached hydrogens (tertiary/aromatic N) is 4. The van der Waals surface area contributed by atoms with Gasteiger partial charge in [0.15, 0.2) is 0 Å². The first-order valence-corrected chi connectivity index (χ1v) is 14.5. The number of aliphatic hydroxyl groups excluding tert-OH is 2. The van der Waals surface area contributed by atoms with Crippen LogP contribution >= 0.6 is 23.4 Å². The highest BCUT2D eigenvalue weighted by Gasteiger charge is 2.14. The molecule has 0 aliphatic rings. The summed E-state index contributed by atoms with van der Waals surface area (Å²) in [5.74, 6) is 3.52. The van der Waals surface area contributed by atoms with E-state index in [1.54, 1.807) is 18.0 Å². The van der Waals surface area contributed by atoms with Gasteiger partial charge in [-0.2, -0.15) is 10.2 Å². The normalized spacial score (nSPS) is 13.3. The Morgan fingerprint density at radius 1 is 1.30 bits per heavy atom. The zero-order valence-corrected chi connectivity index (χ0v) is 25.5. The number of hydrogen-bond acceptors (Lipinski definition) is 8. The molecule has 2 atom stereocenters. The van der Waals surface area contributed by atoms with Gasteiger partial charge in [-0.25, -0.2) is 4.52 Å². The molecule has 4 N–H and O–H groups in total. The molecule has 2 heterocycles. The molecule has 0 fully saturated rings. The second-order valence-electron chi connectivity index (χ2n) is 8.86. The van der Waals surface area contributed by atoms with E-state index in [-0.39, 0.29) is 18.6 Å². The van der Waals surface area contributed by atoms with Gasteiger partial charge in [-0.05, 0) is 61.9 Å². The van der Waals surface area contributed by atoms with Crippen molar-refractivity contribution in [1.82, 2.24) is 25.3 Å². The zero-order valence-electron chi connectivity index (χ0n) is 23.9. The van der Waals surface area contributed by atoms with Crippen LogP contribution in [0, 0.1) is 12.3 Å². The topological polar surface area (TPSA) is 97.4 Å². The van der Waals surface area contributed by atoms with Crippen LogP contribution in [0.15, 0.2) is 58.8 Å². The van der Waals surface area contributed by atoms with Gasteiger partial charge < -0.3 is 25.9 Å². The van der Waals surface area contributed by atoms with E-state index >= 15 is 0 Å². The Balaban J connectivity index is 0.00000274. The lowest BCUT2D eigenvalue weighted by Crippen LogP contribution is -2.25. The van der Waals surface area contributed by atoms with Crippen LogP contribution in [0.4, 0.5) is 0 Å². The molecule has 0 amide bonds. The van der Waals surface area contributed by atoms with E-state index in [2.05, 4.69) is 39.7 Å². The van der Waals surface area contributed by atoms with Crippen molar-refractivity contribution >= 4 is 40.8 Å². The number of nitrogens with one attached hydrogen (secondary N) is 2. The van der Waals surface area contributed by atoms with Crippen LogP contribution in [0.5, 0.6) is 0 Å².